The third-order valence-electron chi connectivity index (χ3n) is 13.8. The summed E-state index contributed by atoms with van der Waals surface area (Å²) < 4.78 is 11.5. The molecule has 0 atom stereocenters. The highest BCUT2D eigenvalue weighted by Gasteiger charge is 2.23. The maximum atomic E-state index is 6.52. The van der Waals surface area contributed by atoms with E-state index in [2.05, 4.69) is 246 Å². The Morgan fingerprint density at radius 1 is 0.353 bits per heavy atom. The van der Waals surface area contributed by atoms with Gasteiger partial charge in [-0.25, -0.2) is 0 Å². The maximum Gasteiger partial charge on any atom is 0.143 e. The summed E-state index contributed by atoms with van der Waals surface area (Å²) in [7, 11) is 0. The lowest BCUT2D eigenvalue weighted by Crippen LogP contribution is -2.10. The highest BCUT2D eigenvalue weighted by molar-refractivity contribution is 7.26. The number of fused-ring (bicyclic) bond motifs is 10. The molecule has 0 fully saturated rings. The molecule has 3 nitrogen and oxygen atoms in total. The van der Waals surface area contributed by atoms with Gasteiger partial charge in [-0.3, -0.25) is 0 Å². The number of benzene rings is 11. The van der Waals surface area contributed by atoms with Crippen LogP contribution in [0.25, 0.3) is 114 Å². The van der Waals surface area contributed by atoms with Crippen molar-refractivity contribution in [2.24, 2.45) is 0 Å². The van der Waals surface area contributed by atoms with Crippen LogP contribution < -0.4 is 4.90 Å². The molecule has 14 rings (SSSR count). The van der Waals surface area contributed by atoms with E-state index in [0.29, 0.717) is 0 Å². The minimum Gasteiger partial charge on any atom is -0.455 e. The lowest BCUT2D eigenvalue weighted by Gasteiger charge is -2.27. The largest absolute Gasteiger partial charge is 0.455 e. The lowest BCUT2D eigenvalue weighted by molar-refractivity contribution is 0.670. The number of anilines is 3. The minimum absolute atomic E-state index is 0.900. The van der Waals surface area contributed by atoms with E-state index in [1.54, 1.807) is 0 Å². The molecular formula is C64H40N2OS. The van der Waals surface area contributed by atoms with E-state index in [1.807, 2.05) is 17.4 Å². The van der Waals surface area contributed by atoms with Crippen molar-refractivity contribution in [3.05, 3.63) is 243 Å². The van der Waals surface area contributed by atoms with Gasteiger partial charge in [0.15, 0.2) is 0 Å². The zero-order valence-electron chi connectivity index (χ0n) is 36.8. The summed E-state index contributed by atoms with van der Waals surface area (Å²) in [6, 6.07) is 88.3. The van der Waals surface area contributed by atoms with Gasteiger partial charge in [0.25, 0.3) is 0 Å². The van der Waals surface area contributed by atoms with Crippen molar-refractivity contribution in [2.45, 2.75) is 0 Å². The molecule has 0 saturated heterocycles. The molecule has 14 aromatic rings. The first-order valence-corrected chi connectivity index (χ1v) is 24.0. The highest BCUT2D eigenvalue weighted by Crippen LogP contribution is 2.48. The van der Waals surface area contributed by atoms with Crippen LogP contribution in [0.4, 0.5) is 17.1 Å². The van der Waals surface area contributed by atoms with Crippen LogP contribution in [-0.4, -0.2) is 4.57 Å². The van der Waals surface area contributed by atoms with E-state index in [0.717, 1.165) is 55.8 Å². The summed E-state index contributed by atoms with van der Waals surface area (Å²) in [6.07, 6.45) is 0. The summed E-state index contributed by atoms with van der Waals surface area (Å²) >= 11 is 1.87. The van der Waals surface area contributed by atoms with Gasteiger partial charge in [0.05, 0.1) is 16.7 Å². The highest BCUT2D eigenvalue weighted by atomic mass is 32.1. The number of thiophene rings is 1. The molecule has 4 heteroatoms. The van der Waals surface area contributed by atoms with Gasteiger partial charge in [-0.05, 0) is 94.2 Å². The predicted molar refractivity (Wildman–Crippen MR) is 289 cm³/mol. The summed E-state index contributed by atoms with van der Waals surface area (Å²) in [5.74, 6) is 0. The summed E-state index contributed by atoms with van der Waals surface area (Å²) in [6.45, 7) is 0. The molecule has 0 unspecified atom stereocenters. The lowest BCUT2D eigenvalue weighted by atomic mass is 9.97. The second kappa shape index (κ2) is 15.5. The van der Waals surface area contributed by atoms with Gasteiger partial charge < -0.3 is 13.9 Å². The van der Waals surface area contributed by atoms with E-state index < -0.39 is 0 Å². The van der Waals surface area contributed by atoms with Crippen LogP contribution in [0.5, 0.6) is 0 Å². The van der Waals surface area contributed by atoms with E-state index in [-0.39, 0.29) is 0 Å². The predicted octanol–water partition coefficient (Wildman–Crippen LogP) is 18.7. The van der Waals surface area contributed by atoms with Crippen LogP contribution >= 0.6 is 11.3 Å². The van der Waals surface area contributed by atoms with E-state index in [4.69, 9.17) is 4.42 Å². The number of rotatable bonds is 7. The SMILES string of the molecule is c1ccc(-n2c3ccccc3c3ccccc32)c(-c2cc(N(c3ccc(-c4cccc5ccccc45)cc3)c3ccc(-c4cccc5c4oc4ccccc45)cc3)cc3c2sc2ccccc23)c1. The molecule has 0 N–H and O–H groups in total. The van der Waals surface area contributed by atoms with Crippen molar-refractivity contribution < 1.29 is 4.42 Å². The van der Waals surface area contributed by atoms with Crippen molar-refractivity contribution in [2.75, 3.05) is 4.90 Å². The van der Waals surface area contributed by atoms with Gasteiger partial charge in [-0.15, -0.1) is 11.3 Å². The first kappa shape index (κ1) is 38.6. The third-order valence-corrected chi connectivity index (χ3v) is 15.0. The average Bonchev–Trinajstić information content (AvgIpc) is 4.09. The Kier molecular flexibility index (Phi) is 8.76. The molecule has 0 radical (unpaired) electrons. The minimum atomic E-state index is 0.900. The number of hydrogen-bond acceptors (Lipinski definition) is 3. The van der Waals surface area contributed by atoms with E-state index in [9.17, 15) is 0 Å². The molecule has 0 aliphatic rings. The Hall–Kier alpha value is -8.70. The molecule has 0 bridgehead atoms. The number of hydrogen-bond donors (Lipinski definition) is 0. The van der Waals surface area contributed by atoms with Crippen molar-refractivity contribution in [3.63, 3.8) is 0 Å². The van der Waals surface area contributed by atoms with Crippen LogP contribution in [0.15, 0.2) is 247 Å². The zero-order valence-corrected chi connectivity index (χ0v) is 37.6. The molecule has 11 aromatic carbocycles. The second-order valence-electron chi connectivity index (χ2n) is 17.6. The van der Waals surface area contributed by atoms with Crippen LogP contribution in [0.1, 0.15) is 0 Å². The summed E-state index contributed by atoms with van der Waals surface area (Å²) in [5, 5.41) is 9.72. The standard InChI is InChI=1S/C64H40N2OS/c1-2-17-47-41(15-1)16-13-23-48(47)42-31-35-44(36-32-42)65(45-37-33-43(34-38-45)49-24-14-25-55-53-21-6-11-29-61(53)67-63(49)55)46-39-56(64-57(40-46)54-22-7-12-30-62(54)68-64)52-20-5-10-28-60(52)66-58-26-8-3-18-50(58)51-19-4-9-27-59(51)66/h1-40H. The third kappa shape index (κ3) is 6.05. The van der Waals surface area contributed by atoms with Gasteiger partial charge >= 0.3 is 0 Å². The van der Waals surface area contributed by atoms with Gasteiger partial charge in [0, 0.05) is 75.5 Å². The van der Waals surface area contributed by atoms with Crippen LogP contribution in [-0.2, 0) is 0 Å². The molecule has 0 aliphatic carbocycles. The Labute approximate surface area is 396 Å². The van der Waals surface area contributed by atoms with Crippen molar-refractivity contribution in [1.29, 1.82) is 0 Å². The monoisotopic (exact) mass is 884 g/mol. The van der Waals surface area contributed by atoms with E-state index in [1.165, 1.54) is 75.0 Å². The molecule has 3 aromatic heterocycles. The fourth-order valence-corrected chi connectivity index (χ4v) is 11.9. The second-order valence-corrected chi connectivity index (χ2v) is 18.6. The number of furan rings is 1. The zero-order chi connectivity index (χ0) is 44.7. The Bertz CT molecular complexity index is 4210. The molecule has 3 heterocycles. The normalized spacial score (nSPS) is 11.8. The quantitative estimate of drug-likeness (QED) is 0.159. The van der Waals surface area contributed by atoms with Crippen molar-refractivity contribution in [1.82, 2.24) is 4.57 Å². The van der Waals surface area contributed by atoms with Gasteiger partial charge in [-0.1, -0.05) is 176 Å². The first-order valence-electron chi connectivity index (χ1n) is 23.2. The summed E-state index contributed by atoms with van der Waals surface area (Å²) in [4.78, 5) is 2.43. The molecule has 0 amide bonds. The first-order chi connectivity index (χ1) is 33.7. The molecule has 0 saturated carbocycles. The molecule has 68 heavy (non-hydrogen) atoms. The van der Waals surface area contributed by atoms with Gasteiger partial charge in [0.1, 0.15) is 11.2 Å². The fraction of sp³-hybridized carbons (Fsp3) is 0. The number of nitrogens with zero attached hydrogens (tertiary/aromatic N) is 2. The Balaban J connectivity index is 0.992. The fourth-order valence-electron chi connectivity index (χ4n) is 10.7. The molecule has 0 aliphatic heterocycles. The topological polar surface area (TPSA) is 21.3 Å². The van der Waals surface area contributed by atoms with Crippen LogP contribution in [0.2, 0.25) is 0 Å². The average molecular weight is 885 g/mol. The molecule has 0 spiro atoms. The van der Waals surface area contributed by atoms with Crippen LogP contribution in [0, 0.1) is 0 Å². The molecule has 318 valence electrons. The Morgan fingerprint density at radius 3 is 1.66 bits per heavy atom. The maximum absolute atomic E-state index is 6.52. The van der Waals surface area contributed by atoms with Gasteiger partial charge in [0.2, 0.25) is 0 Å². The Morgan fingerprint density at radius 2 is 0.897 bits per heavy atom. The van der Waals surface area contributed by atoms with Crippen molar-refractivity contribution in [3.8, 4) is 39.1 Å². The number of para-hydroxylation sites is 5. The molecular weight excluding hydrogens is 845 g/mol. The van der Waals surface area contributed by atoms with E-state index >= 15 is 0 Å². The van der Waals surface area contributed by atoms with Crippen LogP contribution in [0.3, 0.4) is 0 Å². The summed E-state index contributed by atoms with van der Waals surface area (Å²) in [5.41, 5.74) is 15.5. The smallest absolute Gasteiger partial charge is 0.143 e. The number of aromatic nitrogens is 1. The van der Waals surface area contributed by atoms with Crippen molar-refractivity contribution >= 4 is 103 Å². The van der Waals surface area contributed by atoms with Gasteiger partial charge in [-0.2, -0.15) is 0 Å².